The van der Waals surface area contributed by atoms with E-state index in [4.69, 9.17) is 14.9 Å². The van der Waals surface area contributed by atoms with Crippen LogP contribution in [0.15, 0.2) is 56.5 Å². The van der Waals surface area contributed by atoms with E-state index in [1.54, 1.807) is 24.8 Å². The third kappa shape index (κ3) is 3.90. The summed E-state index contributed by atoms with van der Waals surface area (Å²) in [6.07, 6.45) is 1.60. The Balaban J connectivity index is 1.63. The van der Waals surface area contributed by atoms with Crippen molar-refractivity contribution in [3.63, 3.8) is 0 Å². The number of amides is 1. The van der Waals surface area contributed by atoms with Gasteiger partial charge in [0.2, 0.25) is 0 Å². The maximum absolute atomic E-state index is 12.4. The number of nitrogens with zero attached hydrogens (tertiary/aromatic N) is 3. The van der Waals surface area contributed by atoms with Gasteiger partial charge in [0, 0.05) is 0 Å². The molecule has 0 aliphatic carbocycles. The van der Waals surface area contributed by atoms with E-state index in [-0.39, 0.29) is 11.4 Å². The standard InChI is InChI=1S/C21H17BrN4O3S/c1-12-5-3-4-6-14(12)10-29-18-16(22)8-13(9-17(18)28-2)7-15-19(23)26-21(25-20(15)27)30-11-24-26/h3-9,11,23H,10H2,1-2H3. The fourth-order valence-corrected chi connectivity index (χ4v) is 4.17. The average Bonchev–Trinajstić information content (AvgIpc) is 3.19. The number of halogens is 1. The summed E-state index contributed by atoms with van der Waals surface area (Å²) < 4.78 is 12.2. The summed E-state index contributed by atoms with van der Waals surface area (Å²) in [5.41, 5.74) is 4.59. The summed E-state index contributed by atoms with van der Waals surface area (Å²) >= 11 is 4.74. The van der Waals surface area contributed by atoms with Gasteiger partial charge in [-0.1, -0.05) is 24.3 Å². The Kier molecular flexibility index (Phi) is 5.74. The Morgan fingerprint density at radius 2 is 2.10 bits per heavy atom. The van der Waals surface area contributed by atoms with E-state index in [1.807, 2.05) is 37.3 Å². The number of carbonyl (C=O) groups excluding carboxylic acids is 1. The number of aryl methyl sites for hydroxylation is 1. The zero-order valence-corrected chi connectivity index (χ0v) is 18.6. The number of hydrazone groups is 1. The predicted octanol–water partition coefficient (Wildman–Crippen LogP) is 4.59. The lowest BCUT2D eigenvalue weighted by Gasteiger charge is -2.20. The van der Waals surface area contributed by atoms with Crippen LogP contribution in [0.1, 0.15) is 16.7 Å². The van der Waals surface area contributed by atoms with Crippen LogP contribution in [0.5, 0.6) is 11.5 Å². The molecule has 0 radical (unpaired) electrons. The highest BCUT2D eigenvalue weighted by Gasteiger charge is 2.32. The van der Waals surface area contributed by atoms with Crippen molar-refractivity contribution in [2.75, 3.05) is 7.11 Å². The lowest BCUT2D eigenvalue weighted by Crippen LogP contribution is -2.35. The summed E-state index contributed by atoms with van der Waals surface area (Å²) in [5, 5.41) is 14.1. The fourth-order valence-electron chi connectivity index (χ4n) is 2.99. The molecule has 0 fully saturated rings. The smallest absolute Gasteiger partial charge is 0.283 e. The highest BCUT2D eigenvalue weighted by Crippen LogP contribution is 2.38. The number of ether oxygens (including phenoxy) is 2. The number of hydrogen-bond donors (Lipinski definition) is 1. The molecule has 0 saturated heterocycles. The molecule has 0 unspecified atom stereocenters. The lowest BCUT2D eigenvalue weighted by atomic mass is 10.1. The quantitative estimate of drug-likeness (QED) is 0.626. The van der Waals surface area contributed by atoms with Gasteiger partial charge in [0.05, 0.1) is 22.7 Å². The van der Waals surface area contributed by atoms with Crippen molar-refractivity contribution in [2.24, 2.45) is 10.1 Å². The van der Waals surface area contributed by atoms with Crippen LogP contribution in [0.4, 0.5) is 0 Å². The van der Waals surface area contributed by atoms with Gasteiger partial charge in [0.25, 0.3) is 5.91 Å². The van der Waals surface area contributed by atoms with Crippen molar-refractivity contribution in [1.29, 1.82) is 5.41 Å². The molecule has 1 N–H and O–H groups in total. The first-order chi connectivity index (χ1) is 14.5. The van der Waals surface area contributed by atoms with Gasteiger partial charge in [0.1, 0.15) is 6.61 Å². The van der Waals surface area contributed by atoms with Gasteiger partial charge in [-0.25, -0.2) is 0 Å². The summed E-state index contributed by atoms with van der Waals surface area (Å²) in [7, 11) is 1.56. The number of fused-ring (bicyclic) bond motifs is 1. The SMILES string of the molecule is COc1cc(C=C2C(=N)N3N=CSC3=NC2=O)cc(Br)c1OCc1ccccc1C. The van der Waals surface area contributed by atoms with E-state index >= 15 is 0 Å². The molecule has 0 saturated carbocycles. The Labute approximate surface area is 186 Å². The number of methoxy groups -OCH3 is 1. The van der Waals surface area contributed by atoms with Crippen molar-refractivity contribution < 1.29 is 14.3 Å². The van der Waals surface area contributed by atoms with Crippen molar-refractivity contribution in [3.8, 4) is 11.5 Å². The second kappa shape index (κ2) is 8.45. The van der Waals surface area contributed by atoms with Gasteiger partial charge in [-0.2, -0.15) is 15.1 Å². The number of nitrogens with one attached hydrogen (secondary N) is 1. The largest absolute Gasteiger partial charge is 0.493 e. The van der Waals surface area contributed by atoms with Crippen LogP contribution in [0.25, 0.3) is 6.08 Å². The second-order valence-electron chi connectivity index (χ2n) is 6.51. The van der Waals surface area contributed by atoms with Crippen molar-refractivity contribution in [2.45, 2.75) is 13.5 Å². The molecule has 4 rings (SSSR count). The van der Waals surface area contributed by atoms with E-state index in [0.717, 1.165) is 11.1 Å². The van der Waals surface area contributed by atoms with Crippen LogP contribution in [0.3, 0.4) is 0 Å². The zero-order valence-electron chi connectivity index (χ0n) is 16.2. The molecule has 7 nitrogen and oxygen atoms in total. The molecule has 2 aliphatic heterocycles. The van der Waals surface area contributed by atoms with Crippen LogP contribution in [0.2, 0.25) is 0 Å². The van der Waals surface area contributed by atoms with E-state index in [2.05, 4.69) is 26.0 Å². The van der Waals surface area contributed by atoms with Crippen LogP contribution in [0, 0.1) is 12.3 Å². The molecule has 0 atom stereocenters. The minimum atomic E-state index is -0.473. The minimum Gasteiger partial charge on any atom is -0.493 e. The number of rotatable bonds is 5. The van der Waals surface area contributed by atoms with E-state index in [9.17, 15) is 4.79 Å². The number of aliphatic imine (C=N–C) groups is 1. The number of thioether (sulfide) groups is 1. The van der Waals surface area contributed by atoms with Gasteiger partial charge >= 0.3 is 0 Å². The first-order valence-electron chi connectivity index (χ1n) is 8.95. The molecular weight excluding hydrogens is 468 g/mol. The molecule has 2 aromatic rings. The van der Waals surface area contributed by atoms with Crippen LogP contribution < -0.4 is 9.47 Å². The highest BCUT2D eigenvalue weighted by molar-refractivity contribution is 9.10. The molecule has 1 amide bonds. The molecule has 0 bridgehead atoms. The number of amidine groups is 2. The van der Waals surface area contributed by atoms with Crippen LogP contribution >= 0.6 is 27.7 Å². The molecule has 2 aromatic carbocycles. The first kappa shape index (κ1) is 20.4. The zero-order chi connectivity index (χ0) is 21.3. The van der Waals surface area contributed by atoms with Crippen molar-refractivity contribution in [1.82, 2.24) is 5.01 Å². The predicted molar refractivity (Wildman–Crippen MR) is 122 cm³/mol. The van der Waals surface area contributed by atoms with E-state index < -0.39 is 5.91 Å². The molecule has 0 aromatic heterocycles. The summed E-state index contributed by atoms with van der Waals surface area (Å²) in [5.74, 6) is 0.591. The Morgan fingerprint density at radius 3 is 2.87 bits per heavy atom. The Hall–Kier alpha value is -2.91. The third-order valence-corrected chi connectivity index (χ3v) is 5.86. The van der Waals surface area contributed by atoms with Gasteiger partial charge in [-0.15, -0.1) is 0 Å². The molecule has 30 heavy (non-hydrogen) atoms. The minimum absolute atomic E-state index is 0.0128. The Morgan fingerprint density at radius 1 is 1.30 bits per heavy atom. The second-order valence-corrected chi connectivity index (χ2v) is 8.17. The van der Waals surface area contributed by atoms with E-state index in [1.165, 1.54) is 16.8 Å². The van der Waals surface area contributed by atoms with Gasteiger partial charge in [0.15, 0.2) is 22.5 Å². The summed E-state index contributed by atoms with van der Waals surface area (Å²) in [6, 6.07) is 11.6. The molecule has 2 heterocycles. The van der Waals surface area contributed by atoms with Gasteiger partial charge in [-0.3, -0.25) is 10.2 Å². The van der Waals surface area contributed by atoms with E-state index in [0.29, 0.717) is 33.3 Å². The molecular formula is C21H17BrN4O3S. The molecule has 152 valence electrons. The topological polar surface area (TPSA) is 87.3 Å². The number of hydrogen-bond acceptors (Lipinski definition) is 6. The Bertz CT molecular complexity index is 1140. The number of carbonyl (C=O) groups is 1. The van der Waals surface area contributed by atoms with Crippen LogP contribution in [-0.2, 0) is 11.4 Å². The maximum atomic E-state index is 12.4. The molecule has 0 spiro atoms. The highest BCUT2D eigenvalue weighted by atomic mass is 79.9. The van der Waals surface area contributed by atoms with Crippen molar-refractivity contribution in [3.05, 3.63) is 63.1 Å². The normalized spacial score (nSPS) is 16.7. The summed E-state index contributed by atoms with van der Waals surface area (Å²) in [6.45, 7) is 2.43. The van der Waals surface area contributed by atoms with Crippen LogP contribution in [-0.4, -0.2) is 34.6 Å². The van der Waals surface area contributed by atoms with Gasteiger partial charge in [-0.05, 0) is 69.5 Å². The fraction of sp³-hybridized carbons (Fsp3) is 0.143. The maximum Gasteiger partial charge on any atom is 0.283 e. The average molecular weight is 485 g/mol. The number of benzene rings is 2. The first-order valence-corrected chi connectivity index (χ1v) is 10.6. The monoisotopic (exact) mass is 484 g/mol. The molecule has 9 heteroatoms. The summed E-state index contributed by atoms with van der Waals surface area (Å²) in [4.78, 5) is 16.4. The lowest BCUT2D eigenvalue weighted by molar-refractivity contribution is -0.114. The third-order valence-electron chi connectivity index (χ3n) is 4.59. The molecule has 2 aliphatic rings. The van der Waals surface area contributed by atoms with Gasteiger partial charge < -0.3 is 9.47 Å². The van der Waals surface area contributed by atoms with Crippen molar-refractivity contribution >= 4 is 56.2 Å².